The molecule has 0 spiro atoms. The predicted molar refractivity (Wildman–Crippen MR) is 58.1 cm³/mol. The number of hydrogen-bond donors (Lipinski definition) is 2. The Hall–Kier alpha value is -0.610. The summed E-state index contributed by atoms with van der Waals surface area (Å²) in [6.07, 6.45) is 1.55. The third-order valence-electron chi connectivity index (χ3n) is 3.03. The van der Waals surface area contributed by atoms with Crippen molar-refractivity contribution in [2.45, 2.75) is 19.8 Å². The van der Waals surface area contributed by atoms with E-state index in [1.165, 1.54) is 26.2 Å². The lowest BCUT2D eigenvalue weighted by molar-refractivity contribution is -1.00. The Kier molecular flexibility index (Phi) is 5.65. The first kappa shape index (κ1) is 12.5. The number of nitrogens with one attached hydrogen (secondary N) is 2. The third-order valence-corrected chi connectivity index (χ3v) is 3.03. The quantitative estimate of drug-likeness (QED) is 0.509. The minimum absolute atomic E-state index is 0.0448. The van der Waals surface area contributed by atoms with Gasteiger partial charge in [-0.05, 0) is 6.92 Å². The highest BCUT2D eigenvalue weighted by Crippen LogP contribution is 1.89. The van der Waals surface area contributed by atoms with Crippen LogP contribution in [0.3, 0.4) is 0 Å². The van der Waals surface area contributed by atoms with Crippen LogP contribution in [0.4, 0.5) is 0 Å². The van der Waals surface area contributed by atoms with E-state index in [-0.39, 0.29) is 5.97 Å². The van der Waals surface area contributed by atoms with E-state index in [9.17, 15) is 4.79 Å². The van der Waals surface area contributed by atoms with Crippen LogP contribution in [0.5, 0.6) is 0 Å². The van der Waals surface area contributed by atoms with Crippen molar-refractivity contribution in [2.24, 2.45) is 0 Å². The van der Waals surface area contributed by atoms with Gasteiger partial charge >= 0.3 is 5.97 Å². The Morgan fingerprint density at radius 3 is 2.53 bits per heavy atom. The zero-order valence-corrected chi connectivity index (χ0v) is 9.97. The normalized spacial score (nSPS) is 26.3. The molecule has 0 radical (unpaired) electrons. The number of carbonyl (C=O) groups excluding carboxylic acids is 1. The highest BCUT2D eigenvalue weighted by Gasteiger charge is 2.19. The molecule has 1 aliphatic heterocycles. The molecule has 15 heavy (non-hydrogen) atoms. The smallest absolute Gasteiger partial charge is 0.305 e. The van der Waals surface area contributed by atoms with E-state index in [4.69, 9.17) is 4.74 Å². The first-order valence-electron chi connectivity index (χ1n) is 6.03. The molecule has 0 aromatic carbocycles. The van der Waals surface area contributed by atoms with Crippen molar-refractivity contribution in [1.82, 2.24) is 0 Å². The Bertz CT molecular complexity index is 189. The van der Waals surface area contributed by atoms with Gasteiger partial charge in [0, 0.05) is 6.42 Å². The van der Waals surface area contributed by atoms with Gasteiger partial charge in [-0.25, -0.2) is 0 Å². The number of carbonyl (C=O) groups is 1. The van der Waals surface area contributed by atoms with Crippen LogP contribution in [0.25, 0.3) is 0 Å². The molecule has 1 fully saturated rings. The van der Waals surface area contributed by atoms with E-state index >= 15 is 0 Å². The molecule has 1 aliphatic rings. The molecule has 2 N–H and O–H groups in total. The van der Waals surface area contributed by atoms with E-state index < -0.39 is 0 Å². The summed E-state index contributed by atoms with van der Waals surface area (Å²) in [5.74, 6) is -0.0448. The number of rotatable bonds is 5. The fourth-order valence-electron chi connectivity index (χ4n) is 2.00. The van der Waals surface area contributed by atoms with Crippen molar-refractivity contribution in [1.29, 1.82) is 0 Å². The third kappa shape index (κ3) is 5.14. The van der Waals surface area contributed by atoms with Crippen molar-refractivity contribution in [3.63, 3.8) is 0 Å². The minimum atomic E-state index is -0.0448. The Labute approximate surface area is 92.2 Å². The second-order valence-corrected chi connectivity index (χ2v) is 4.37. The van der Waals surface area contributed by atoms with Crippen LogP contribution < -0.4 is 9.80 Å². The average molecular weight is 216 g/mol. The van der Waals surface area contributed by atoms with Crippen molar-refractivity contribution in [3.8, 4) is 0 Å². The lowest BCUT2D eigenvalue weighted by atomic mass is 10.2. The largest absolute Gasteiger partial charge is 0.466 e. The molecule has 0 unspecified atom stereocenters. The van der Waals surface area contributed by atoms with E-state index in [1.54, 1.807) is 9.80 Å². The van der Waals surface area contributed by atoms with E-state index in [0.717, 1.165) is 13.0 Å². The van der Waals surface area contributed by atoms with Crippen molar-refractivity contribution < 1.29 is 19.3 Å². The number of likely N-dealkylation sites (N-methyl/N-ethyl adjacent to an activating group) is 1. The van der Waals surface area contributed by atoms with Crippen LogP contribution in [0.2, 0.25) is 0 Å². The molecule has 0 amide bonds. The van der Waals surface area contributed by atoms with E-state index in [2.05, 4.69) is 7.05 Å². The maximum atomic E-state index is 11.1. The number of esters is 1. The molecule has 0 aromatic heterocycles. The zero-order chi connectivity index (χ0) is 11.1. The first-order valence-corrected chi connectivity index (χ1v) is 6.03. The van der Waals surface area contributed by atoms with Crippen molar-refractivity contribution >= 4 is 5.97 Å². The summed E-state index contributed by atoms with van der Waals surface area (Å²) >= 11 is 0. The summed E-state index contributed by atoms with van der Waals surface area (Å²) in [4.78, 5) is 14.4. The molecule has 1 heterocycles. The molecule has 1 saturated heterocycles. The van der Waals surface area contributed by atoms with Gasteiger partial charge in [0.2, 0.25) is 0 Å². The van der Waals surface area contributed by atoms with Gasteiger partial charge in [0.25, 0.3) is 0 Å². The van der Waals surface area contributed by atoms with Crippen LogP contribution in [0.1, 0.15) is 19.8 Å². The fraction of sp³-hybridized carbons (Fsp3) is 0.909. The van der Waals surface area contributed by atoms with Crippen LogP contribution in [0, 0.1) is 0 Å². The summed E-state index contributed by atoms with van der Waals surface area (Å²) in [7, 11) is 2.25. The van der Waals surface area contributed by atoms with E-state index in [1.807, 2.05) is 6.92 Å². The molecule has 0 bridgehead atoms. The monoisotopic (exact) mass is 216 g/mol. The molecule has 88 valence electrons. The molecule has 0 aliphatic carbocycles. The van der Waals surface area contributed by atoms with Crippen LogP contribution in [-0.4, -0.2) is 52.3 Å². The fourth-order valence-corrected chi connectivity index (χ4v) is 2.00. The summed E-state index contributed by atoms with van der Waals surface area (Å²) < 4.78 is 4.90. The summed E-state index contributed by atoms with van der Waals surface area (Å²) in [5, 5.41) is 0. The second kappa shape index (κ2) is 6.80. The van der Waals surface area contributed by atoms with Crippen molar-refractivity contribution in [2.75, 3.05) is 46.4 Å². The molecule has 4 heteroatoms. The predicted octanol–water partition coefficient (Wildman–Crippen LogP) is -2.26. The number of quaternary nitrogens is 2. The zero-order valence-electron chi connectivity index (χ0n) is 9.97. The maximum Gasteiger partial charge on any atom is 0.305 e. The van der Waals surface area contributed by atoms with Gasteiger partial charge in [-0.1, -0.05) is 0 Å². The Morgan fingerprint density at radius 1 is 1.27 bits per heavy atom. The lowest BCUT2D eigenvalue weighted by Crippen LogP contribution is -3.27. The highest BCUT2D eigenvalue weighted by molar-refractivity contribution is 5.69. The summed E-state index contributed by atoms with van der Waals surface area (Å²) in [5.41, 5.74) is 0. The van der Waals surface area contributed by atoms with Crippen LogP contribution in [0.15, 0.2) is 0 Å². The molecule has 0 saturated carbocycles. The molecule has 1 rings (SSSR count). The number of piperazine rings is 1. The standard InChI is InChI=1S/C11H22N2O2/c1-3-15-11(14)5-4-6-13-9-7-12(2)8-10-13/h3-10H2,1-2H3/p+2. The van der Waals surface area contributed by atoms with Gasteiger partial charge in [0.1, 0.15) is 26.2 Å². The van der Waals surface area contributed by atoms with Gasteiger partial charge < -0.3 is 14.5 Å². The van der Waals surface area contributed by atoms with E-state index in [0.29, 0.717) is 13.0 Å². The van der Waals surface area contributed by atoms with Gasteiger partial charge in [-0.2, -0.15) is 0 Å². The molecular weight excluding hydrogens is 192 g/mol. The Balaban J connectivity index is 2.02. The van der Waals surface area contributed by atoms with Gasteiger partial charge in [-0.3, -0.25) is 4.79 Å². The topological polar surface area (TPSA) is 35.2 Å². The Morgan fingerprint density at radius 2 is 1.93 bits per heavy atom. The van der Waals surface area contributed by atoms with Gasteiger partial charge in [-0.15, -0.1) is 0 Å². The molecule has 0 atom stereocenters. The van der Waals surface area contributed by atoms with Gasteiger partial charge in [0.15, 0.2) is 0 Å². The molecule has 0 aromatic rings. The second-order valence-electron chi connectivity index (χ2n) is 4.37. The minimum Gasteiger partial charge on any atom is -0.466 e. The SMILES string of the molecule is CCOC(=O)CCC[NH+]1CC[NH+](C)CC1. The van der Waals surface area contributed by atoms with Crippen LogP contribution >= 0.6 is 0 Å². The van der Waals surface area contributed by atoms with Crippen LogP contribution in [-0.2, 0) is 9.53 Å². The lowest BCUT2D eigenvalue weighted by Gasteiger charge is -2.27. The maximum absolute atomic E-state index is 11.1. The molecule has 4 nitrogen and oxygen atoms in total. The summed E-state index contributed by atoms with van der Waals surface area (Å²) in [6.45, 7) is 8.48. The number of hydrogen-bond acceptors (Lipinski definition) is 2. The highest BCUT2D eigenvalue weighted by atomic mass is 16.5. The summed E-state index contributed by atoms with van der Waals surface area (Å²) in [6, 6.07) is 0. The van der Waals surface area contributed by atoms with Crippen molar-refractivity contribution in [3.05, 3.63) is 0 Å². The first-order chi connectivity index (χ1) is 7.22. The van der Waals surface area contributed by atoms with Gasteiger partial charge in [0.05, 0.1) is 26.6 Å². The number of ether oxygens (including phenoxy) is 1. The average Bonchev–Trinajstić information content (AvgIpc) is 2.21. The molecular formula is C11H24N2O2+2.